The molecule has 4 heteroatoms. The number of rotatable bonds is 3. The Labute approximate surface area is 102 Å². The lowest BCUT2D eigenvalue weighted by molar-refractivity contribution is 0.450. The number of hydrogen-bond acceptors (Lipinski definition) is 2. The van der Waals surface area contributed by atoms with Crippen molar-refractivity contribution < 1.29 is 8.81 Å². The van der Waals surface area contributed by atoms with Crippen LogP contribution in [0.15, 0.2) is 45.5 Å². The summed E-state index contributed by atoms with van der Waals surface area (Å²) in [6, 6.07) is 8.16. The molecule has 2 nitrogen and oxygen atoms in total. The predicted molar refractivity (Wildman–Crippen MR) is 63.7 cm³/mol. The first kappa shape index (κ1) is 11.4. The second-order valence-electron chi connectivity index (χ2n) is 3.38. The van der Waals surface area contributed by atoms with Crippen molar-refractivity contribution in [1.82, 2.24) is 5.32 Å². The second-order valence-corrected chi connectivity index (χ2v) is 4.23. The van der Waals surface area contributed by atoms with Crippen LogP contribution in [0.5, 0.6) is 0 Å². The van der Waals surface area contributed by atoms with E-state index >= 15 is 0 Å². The van der Waals surface area contributed by atoms with Crippen LogP contribution in [0, 0.1) is 5.82 Å². The number of benzene rings is 1. The van der Waals surface area contributed by atoms with Crippen LogP contribution in [0.2, 0.25) is 0 Å². The van der Waals surface area contributed by atoms with Crippen molar-refractivity contribution in [3.63, 3.8) is 0 Å². The molecule has 2 rings (SSSR count). The lowest BCUT2D eigenvalue weighted by Crippen LogP contribution is -2.18. The van der Waals surface area contributed by atoms with Crippen LogP contribution >= 0.6 is 15.9 Å². The molecule has 1 unspecified atom stereocenters. The molecule has 1 atom stereocenters. The van der Waals surface area contributed by atoms with E-state index in [4.69, 9.17) is 4.42 Å². The molecule has 0 radical (unpaired) electrons. The Kier molecular flexibility index (Phi) is 3.41. The van der Waals surface area contributed by atoms with E-state index in [0.29, 0.717) is 11.3 Å². The van der Waals surface area contributed by atoms with E-state index in [1.165, 1.54) is 6.07 Å². The fraction of sp³-hybridized carbons (Fsp3) is 0.167. The molecule has 0 fully saturated rings. The third-order valence-corrected chi connectivity index (χ3v) is 3.07. The minimum absolute atomic E-state index is 0.245. The highest BCUT2D eigenvalue weighted by atomic mass is 79.9. The highest BCUT2D eigenvalue weighted by Gasteiger charge is 2.20. The molecule has 84 valence electrons. The molecule has 0 aliphatic rings. The van der Waals surface area contributed by atoms with E-state index < -0.39 is 0 Å². The summed E-state index contributed by atoms with van der Waals surface area (Å²) in [5.74, 6) is 0.428. The maximum Gasteiger partial charge on any atom is 0.139 e. The zero-order chi connectivity index (χ0) is 11.5. The van der Waals surface area contributed by atoms with Gasteiger partial charge >= 0.3 is 0 Å². The summed E-state index contributed by atoms with van der Waals surface area (Å²) < 4.78 is 19.8. The Morgan fingerprint density at radius 3 is 2.62 bits per heavy atom. The van der Waals surface area contributed by atoms with Crippen molar-refractivity contribution in [2.24, 2.45) is 0 Å². The second kappa shape index (κ2) is 4.80. The van der Waals surface area contributed by atoms with Crippen molar-refractivity contribution in [1.29, 1.82) is 0 Å². The Morgan fingerprint density at radius 2 is 2.06 bits per heavy atom. The van der Waals surface area contributed by atoms with Gasteiger partial charge in [-0.25, -0.2) is 4.39 Å². The van der Waals surface area contributed by atoms with Crippen LogP contribution in [0.1, 0.15) is 17.4 Å². The SMILES string of the molecule is CNC(c1ccccc1F)c1occc1Br. The van der Waals surface area contributed by atoms with Crippen molar-refractivity contribution in [3.8, 4) is 0 Å². The van der Waals surface area contributed by atoms with Gasteiger partial charge in [0.2, 0.25) is 0 Å². The quantitative estimate of drug-likeness (QED) is 0.933. The molecule has 0 saturated carbocycles. The van der Waals surface area contributed by atoms with Crippen LogP contribution in [0.4, 0.5) is 4.39 Å². The van der Waals surface area contributed by atoms with E-state index in [-0.39, 0.29) is 11.9 Å². The first-order valence-corrected chi connectivity index (χ1v) is 5.68. The van der Waals surface area contributed by atoms with Crippen LogP contribution in [-0.2, 0) is 0 Å². The summed E-state index contributed by atoms with van der Waals surface area (Å²) in [7, 11) is 1.77. The van der Waals surface area contributed by atoms with E-state index in [2.05, 4.69) is 21.2 Å². The highest BCUT2D eigenvalue weighted by Crippen LogP contribution is 2.30. The summed E-state index contributed by atoms with van der Waals surface area (Å²) in [4.78, 5) is 0. The molecule has 0 amide bonds. The molecular formula is C12H11BrFNO. The molecule has 1 heterocycles. The maximum atomic E-state index is 13.7. The van der Waals surface area contributed by atoms with E-state index in [1.807, 2.05) is 0 Å². The van der Waals surface area contributed by atoms with Crippen LogP contribution in [0.25, 0.3) is 0 Å². The number of nitrogens with one attached hydrogen (secondary N) is 1. The van der Waals surface area contributed by atoms with Gasteiger partial charge in [-0.2, -0.15) is 0 Å². The predicted octanol–water partition coefficient (Wildman–Crippen LogP) is 3.49. The molecule has 2 aromatic rings. The first-order valence-electron chi connectivity index (χ1n) is 4.88. The van der Waals surface area contributed by atoms with Crippen molar-refractivity contribution >= 4 is 15.9 Å². The molecule has 1 aromatic carbocycles. The van der Waals surface area contributed by atoms with Gasteiger partial charge in [-0.15, -0.1) is 0 Å². The fourth-order valence-electron chi connectivity index (χ4n) is 1.65. The van der Waals surface area contributed by atoms with E-state index in [0.717, 1.165) is 4.47 Å². The Morgan fingerprint density at radius 1 is 1.31 bits per heavy atom. The maximum absolute atomic E-state index is 13.7. The van der Waals surface area contributed by atoms with Gasteiger partial charge in [0.05, 0.1) is 16.8 Å². The van der Waals surface area contributed by atoms with Gasteiger partial charge in [0.25, 0.3) is 0 Å². The van der Waals surface area contributed by atoms with Crippen LogP contribution in [-0.4, -0.2) is 7.05 Å². The summed E-state index contributed by atoms with van der Waals surface area (Å²) in [6.07, 6.45) is 1.57. The normalized spacial score (nSPS) is 12.7. The van der Waals surface area contributed by atoms with Gasteiger partial charge in [-0.1, -0.05) is 18.2 Å². The molecule has 16 heavy (non-hydrogen) atoms. The standard InChI is InChI=1S/C12H11BrFNO/c1-15-11(12-9(13)6-7-16-12)8-4-2-3-5-10(8)14/h2-7,11,15H,1H3. The lowest BCUT2D eigenvalue weighted by atomic mass is 10.0. The molecule has 0 aliphatic heterocycles. The molecule has 1 N–H and O–H groups in total. The Hall–Kier alpha value is -1.13. The van der Waals surface area contributed by atoms with Crippen molar-refractivity contribution in [2.75, 3.05) is 7.05 Å². The van der Waals surface area contributed by atoms with E-state index in [1.54, 1.807) is 37.6 Å². The lowest BCUT2D eigenvalue weighted by Gasteiger charge is -2.15. The zero-order valence-corrected chi connectivity index (χ0v) is 10.3. The zero-order valence-electron chi connectivity index (χ0n) is 8.71. The Balaban J connectivity index is 2.45. The van der Waals surface area contributed by atoms with Gasteiger partial charge in [0, 0.05) is 5.56 Å². The summed E-state index contributed by atoms with van der Waals surface area (Å²) in [6.45, 7) is 0. The van der Waals surface area contributed by atoms with Gasteiger partial charge in [0.1, 0.15) is 11.6 Å². The Bertz CT molecular complexity index is 483. The third kappa shape index (κ3) is 2.03. The molecule has 0 bridgehead atoms. The topological polar surface area (TPSA) is 25.2 Å². The van der Waals surface area contributed by atoms with E-state index in [9.17, 15) is 4.39 Å². The minimum Gasteiger partial charge on any atom is -0.466 e. The average molecular weight is 284 g/mol. The summed E-state index contributed by atoms with van der Waals surface area (Å²) >= 11 is 3.37. The summed E-state index contributed by atoms with van der Waals surface area (Å²) in [5.41, 5.74) is 0.570. The molecular weight excluding hydrogens is 273 g/mol. The minimum atomic E-state index is -0.287. The summed E-state index contributed by atoms with van der Waals surface area (Å²) in [5, 5.41) is 3.04. The van der Waals surface area contributed by atoms with Crippen molar-refractivity contribution in [3.05, 3.63) is 58.2 Å². The number of halogens is 2. The van der Waals surface area contributed by atoms with Crippen LogP contribution in [0.3, 0.4) is 0 Å². The molecule has 0 saturated heterocycles. The fourth-order valence-corrected chi connectivity index (χ4v) is 2.08. The monoisotopic (exact) mass is 283 g/mol. The largest absolute Gasteiger partial charge is 0.466 e. The number of furan rings is 1. The molecule has 0 spiro atoms. The smallest absolute Gasteiger partial charge is 0.139 e. The van der Waals surface area contributed by atoms with Crippen molar-refractivity contribution in [2.45, 2.75) is 6.04 Å². The number of hydrogen-bond donors (Lipinski definition) is 1. The van der Waals surface area contributed by atoms with Gasteiger partial charge in [-0.05, 0) is 35.1 Å². The van der Waals surface area contributed by atoms with Gasteiger partial charge < -0.3 is 9.73 Å². The van der Waals surface area contributed by atoms with Gasteiger partial charge in [0.15, 0.2) is 0 Å². The molecule has 0 aliphatic carbocycles. The molecule has 1 aromatic heterocycles. The average Bonchev–Trinajstić information content (AvgIpc) is 2.69. The third-order valence-electron chi connectivity index (χ3n) is 2.41. The highest BCUT2D eigenvalue weighted by molar-refractivity contribution is 9.10. The first-order chi connectivity index (χ1) is 7.74. The van der Waals surface area contributed by atoms with Crippen LogP contribution < -0.4 is 5.32 Å². The van der Waals surface area contributed by atoms with Gasteiger partial charge in [-0.3, -0.25) is 0 Å².